The van der Waals surface area contributed by atoms with Gasteiger partial charge >= 0.3 is 0 Å². The van der Waals surface area contributed by atoms with Gasteiger partial charge in [0.1, 0.15) is 5.75 Å². The predicted molar refractivity (Wildman–Crippen MR) is 144 cm³/mol. The third-order valence-electron chi connectivity index (χ3n) is 5.48. The molecule has 190 valence electrons. The Balaban J connectivity index is 1.53. The molecule has 4 aromatic rings. The van der Waals surface area contributed by atoms with Crippen molar-refractivity contribution in [2.75, 3.05) is 27.1 Å². The van der Waals surface area contributed by atoms with Gasteiger partial charge in [0.2, 0.25) is 0 Å². The van der Waals surface area contributed by atoms with Crippen molar-refractivity contribution < 1.29 is 19.0 Å². The SMILES string of the molecule is COc1ccc(C(C)=NNC(=O)CSc2nnc(-c3ccc(OC)c(OC)c3)n2-c2ccccc2)cc1. The van der Waals surface area contributed by atoms with Gasteiger partial charge < -0.3 is 14.2 Å². The van der Waals surface area contributed by atoms with Crippen molar-refractivity contribution in [1.29, 1.82) is 0 Å². The number of methoxy groups -OCH3 is 3. The normalized spacial score (nSPS) is 11.2. The van der Waals surface area contributed by atoms with Crippen molar-refractivity contribution >= 4 is 23.4 Å². The van der Waals surface area contributed by atoms with Crippen LogP contribution in [0.25, 0.3) is 17.1 Å². The number of carbonyl (C=O) groups excluding carboxylic acids is 1. The van der Waals surface area contributed by atoms with Crippen LogP contribution in [0.5, 0.6) is 17.2 Å². The van der Waals surface area contributed by atoms with Gasteiger partial charge in [0.25, 0.3) is 5.91 Å². The lowest BCUT2D eigenvalue weighted by molar-refractivity contribution is -0.118. The molecular formula is C27H27N5O4S. The van der Waals surface area contributed by atoms with Gasteiger partial charge in [-0.1, -0.05) is 30.0 Å². The van der Waals surface area contributed by atoms with Gasteiger partial charge in [0.05, 0.1) is 32.8 Å². The number of hydrogen-bond donors (Lipinski definition) is 1. The number of hydrogen-bond acceptors (Lipinski definition) is 8. The molecule has 0 aliphatic rings. The zero-order chi connectivity index (χ0) is 26.2. The number of aromatic nitrogens is 3. The average Bonchev–Trinajstić information content (AvgIpc) is 3.38. The summed E-state index contributed by atoms with van der Waals surface area (Å²) in [4.78, 5) is 12.6. The summed E-state index contributed by atoms with van der Waals surface area (Å²) in [6.45, 7) is 1.83. The van der Waals surface area contributed by atoms with Crippen LogP contribution in [-0.2, 0) is 4.79 Å². The highest BCUT2D eigenvalue weighted by Gasteiger charge is 2.18. The molecule has 1 aromatic heterocycles. The first-order valence-electron chi connectivity index (χ1n) is 11.4. The standard InChI is InChI=1S/C27H27N5O4S/c1-18(19-10-13-22(34-2)14-11-19)28-29-25(33)17-37-27-31-30-26(32(27)21-8-6-5-7-9-21)20-12-15-23(35-3)24(16-20)36-4/h5-16H,17H2,1-4H3,(H,29,33). The van der Waals surface area contributed by atoms with Crippen LogP contribution in [0.15, 0.2) is 83.1 Å². The number of rotatable bonds is 10. The molecule has 1 amide bonds. The highest BCUT2D eigenvalue weighted by Crippen LogP contribution is 2.34. The molecule has 4 rings (SSSR count). The quantitative estimate of drug-likeness (QED) is 0.187. The summed E-state index contributed by atoms with van der Waals surface area (Å²) in [5.74, 6) is 2.43. The van der Waals surface area contributed by atoms with E-state index < -0.39 is 0 Å². The second-order valence-corrected chi connectivity index (χ2v) is 8.74. The highest BCUT2D eigenvalue weighted by atomic mass is 32.2. The van der Waals surface area contributed by atoms with Crippen molar-refractivity contribution in [3.63, 3.8) is 0 Å². The molecule has 1 heterocycles. The van der Waals surface area contributed by atoms with E-state index in [9.17, 15) is 4.79 Å². The van der Waals surface area contributed by atoms with Gasteiger partial charge in [0, 0.05) is 11.3 Å². The van der Waals surface area contributed by atoms with E-state index in [0.717, 1.165) is 22.6 Å². The lowest BCUT2D eigenvalue weighted by Gasteiger charge is -2.12. The number of nitrogens with zero attached hydrogens (tertiary/aromatic N) is 4. The molecule has 0 saturated heterocycles. The third kappa shape index (κ3) is 6.10. The molecule has 0 aliphatic heterocycles. The highest BCUT2D eigenvalue weighted by molar-refractivity contribution is 7.99. The van der Waals surface area contributed by atoms with Crippen molar-refractivity contribution in [2.24, 2.45) is 5.10 Å². The van der Waals surface area contributed by atoms with E-state index in [1.54, 1.807) is 21.3 Å². The Morgan fingerprint density at radius 3 is 2.32 bits per heavy atom. The Morgan fingerprint density at radius 1 is 0.919 bits per heavy atom. The molecule has 3 aromatic carbocycles. The summed E-state index contributed by atoms with van der Waals surface area (Å²) in [5, 5.41) is 13.6. The Labute approximate surface area is 219 Å². The summed E-state index contributed by atoms with van der Waals surface area (Å²) in [5.41, 5.74) is 5.85. The largest absolute Gasteiger partial charge is 0.497 e. The van der Waals surface area contributed by atoms with Crippen LogP contribution in [0.1, 0.15) is 12.5 Å². The summed E-state index contributed by atoms with van der Waals surface area (Å²) in [7, 11) is 4.79. The van der Waals surface area contributed by atoms with Crippen LogP contribution in [0.3, 0.4) is 0 Å². The Bertz CT molecular complexity index is 1390. The number of carbonyl (C=O) groups is 1. The van der Waals surface area contributed by atoms with Gasteiger partial charge in [-0.05, 0) is 67.1 Å². The molecular weight excluding hydrogens is 490 g/mol. The maximum absolute atomic E-state index is 12.6. The van der Waals surface area contributed by atoms with E-state index in [1.807, 2.05) is 84.3 Å². The number of benzene rings is 3. The molecule has 1 N–H and O–H groups in total. The molecule has 0 fully saturated rings. The smallest absolute Gasteiger partial charge is 0.250 e. The van der Waals surface area contributed by atoms with Gasteiger partial charge in [-0.2, -0.15) is 5.10 Å². The van der Waals surface area contributed by atoms with Gasteiger partial charge in [-0.25, -0.2) is 5.43 Å². The topological polar surface area (TPSA) is 99.9 Å². The molecule has 10 heteroatoms. The Kier molecular flexibility index (Phi) is 8.42. The molecule has 0 bridgehead atoms. The fourth-order valence-electron chi connectivity index (χ4n) is 3.54. The molecule has 0 spiro atoms. The molecule has 0 unspecified atom stereocenters. The monoisotopic (exact) mass is 517 g/mol. The van der Waals surface area contributed by atoms with E-state index in [-0.39, 0.29) is 11.7 Å². The number of amides is 1. The fourth-order valence-corrected chi connectivity index (χ4v) is 4.29. The Morgan fingerprint density at radius 2 is 1.65 bits per heavy atom. The zero-order valence-electron chi connectivity index (χ0n) is 21.0. The first-order chi connectivity index (χ1) is 18.0. The van der Waals surface area contributed by atoms with Crippen molar-refractivity contribution in [2.45, 2.75) is 12.1 Å². The van der Waals surface area contributed by atoms with E-state index in [1.165, 1.54) is 11.8 Å². The predicted octanol–water partition coefficient (Wildman–Crippen LogP) is 4.59. The maximum Gasteiger partial charge on any atom is 0.250 e. The minimum Gasteiger partial charge on any atom is -0.497 e. The van der Waals surface area contributed by atoms with Crippen LogP contribution in [0.4, 0.5) is 0 Å². The number of para-hydroxylation sites is 1. The van der Waals surface area contributed by atoms with Crippen LogP contribution in [-0.4, -0.2) is 53.5 Å². The first-order valence-corrected chi connectivity index (χ1v) is 12.4. The molecule has 0 atom stereocenters. The van der Waals surface area contributed by atoms with Gasteiger partial charge in [0.15, 0.2) is 22.5 Å². The third-order valence-corrected chi connectivity index (χ3v) is 6.41. The minimum absolute atomic E-state index is 0.107. The van der Waals surface area contributed by atoms with E-state index in [4.69, 9.17) is 14.2 Å². The second-order valence-electron chi connectivity index (χ2n) is 7.80. The zero-order valence-corrected chi connectivity index (χ0v) is 21.8. The molecule has 37 heavy (non-hydrogen) atoms. The van der Waals surface area contributed by atoms with Crippen LogP contribution < -0.4 is 19.6 Å². The maximum atomic E-state index is 12.6. The number of ether oxygens (including phenoxy) is 3. The van der Waals surface area contributed by atoms with E-state index in [0.29, 0.717) is 28.2 Å². The molecule has 0 saturated carbocycles. The van der Waals surface area contributed by atoms with E-state index >= 15 is 0 Å². The summed E-state index contributed by atoms with van der Waals surface area (Å²) >= 11 is 1.27. The number of thioether (sulfide) groups is 1. The summed E-state index contributed by atoms with van der Waals surface area (Å²) in [6, 6.07) is 22.7. The van der Waals surface area contributed by atoms with Crippen molar-refractivity contribution in [3.05, 3.63) is 78.4 Å². The molecule has 0 radical (unpaired) electrons. The van der Waals surface area contributed by atoms with Crippen molar-refractivity contribution in [3.8, 4) is 34.3 Å². The van der Waals surface area contributed by atoms with Crippen LogP contribution in [0, 0.1) is 0 Å². The van der Waals surface area contributed by atoms with E-state index in [2.05, 4.69) is 20.7 Å². The van der Waals surface area contributed by atoms with Gasteiger partial charge in [-0.3, -0.25) is 9.36 Å². The molecule has 9 nitrogen and oxygen atoms in total. The van der Waals surface area contributed by atoms with Crippen molar-refractivity contribution in [1.82, 2.24) is 20.2 Å². The van der Waals surface area contributed by atoms with Gasteiger partial charge in [-0.15, -0.1) is 10.2 Å². The summed E-state index contributed by atoms with van der Waals surface area (Å²) in [6.07, 6.45) is 0. The van der Waals surface area contributed by atoms with Crippen LogP contribution in [0.2, 0.25) is 0 Å². The average molecular weight is 518 g/mol. The fraction of sp³-hybridized carbons (Fsp3) is 0.185. The number of nitrogens with one attached hydrogen (secondary N) is 1. The lowest BCUT2D eigenvalue weighted by Crippen LogP contribution is -2.21. The lowest BCUT2D eigenvalue weighted by atomic mass is 10.1. The first kappa shape index (κ1) is 25.8. The second kappa shape index (κ2) is 12.1. The summed E-state index contributed by atoms with van der Waals surface area (Å²) < 4.78 is 17.9. The van der Waals surface area contributed by atoms with Crippen LogP contribution >= 0.6 is 11.8 Å². The number of hydrazone groups is 1. The Hall–Kier alpha value is -4.31. The minimum atomic E-state index is -0.256. The molecule has 0 aliphatic carbocycles.